The molecule has 0 bridgehead atoms. The first kappa shape index (κ1) is 16.0. The number of ether oxygens (including phenoxy) is 3. The van der Waals surface area contributed by atoms with Crippen LogP contribution in [-0.4, -0.2) is 38.0 Å². The van der Waals surface area contributed by atoms with Crippen LogP contribution in [0.3, 0.4) is 0 Å². The SMILES string of the molecule is CCOCCCOc1ccc(C=CC(=O)O)cc1OC. The predicted octanol–water partition coefficient (Wildman–Crippen LogP) is 2.60. The van der Waals surface area contributed by atoms with Gasteiger partial charge in [0.2, 0.25) is 0 Å². The fraction of sp³-hybridized carbons (Fsp3) is 0.400. The molecule has 20 heavy (non-hydrogen) atoms. The van der Waals surface area contributed by atoms with E-state index in [1.165, 1.54) is 6.08 Å². The molecular weight excluding hydrogens is 260 g/mol. The molecule has 0 radical (unpaired) electrons. The number of rotatable bonds is 9. The zero-order chi connectivity index (χ0) is 14.8. The molecule has 1 N–H and O–H groups in total. The predicted molar refractivity (Wildman–Crippen MR) is 76.3 cm³/mol. The minimum atomic E-state index is -0.986. The topological polar surface area (TPSA) is 65.0 Å². The molecule has 0 heterocycles. The fourth-order valence-electron chi connectivity index (χ4n) is 1.56. The second-order valence-electron chi connectivity index (χ2n) is 3.98. The van der Waals surface area contributed by atoms with Crippen molar-refractivity contribution >= 4 is 12.0 Å². The molecule has 0 saturated carbocycles. The lowest BCUT2D eigenvalue weighted by molar-refractivity contribution is -0.131. The van der Waals surface area contributed by atoms with Crippen LogP contribution in [0.1, 0.15) is 18.9 Å². The maximum absolute atomic E-state index is 10.5. The first-order valence-corrected chi connectivity index (χ1v) is 6.47. The van der Waals surface area contributed by atoms with Gasteiger partial charge >= 0.3 is 5.97 Å². The van der Waals surface area contributed by atoms with Crippen molar-refractivity contribution in [2.75, 3.05) is 26.9 Å². The molecule has 0 saturated heterocycles. The Morgan fingerprint density at radius 2 is 2.10 bits per heavy atom. The van der Waals surface area contributed by atoms with Gasteiger partial charge in [-0.25, -0.2) is 4.79 Å². The Morgan fingerprint density at radius 1 is 1.30 bits per heavy atom. The molecule has 0 aliphatic heterocycles. The van der Waals surface area contributed by atoms with Crippen molar-refractivity contribution in [1.82, 2.24) is 0 Å². The quantitative estimate of drug-likeness (QED) is 0.556. The Hall–Kier alpha value is -2.01. The Bertz CT molecular complexity index is 454. The zero-order valence-corrected chi connectivity index (χ0v) is 11.8. The summed E-state index contributed by atoms with van der Waals surface area (Å²) in [6.45, 7) is 3.86. The van der Waals surface area contributed by atoms with Crippen molar-refractivity contribution in [3.05, 3.63) is 29.8 Å². The summed E-state index contributed by atoms with van der Waals surface area (Å²) < 4.78 is 16.1. The van der Waals surface area contributed by atoms with Crippen molar-refractivity contribution < 1.29 is 24.1 Å². The molecule has 5 nitrogen and oxygen atoms in total. The highest BCUT2D eigenvalue weighted by Gasteiger charge is 2.04. The largest absolute Gasteiger partial charge is 0.493 e. The highest BCUT2D eigenvalue weighted by molar-refractivity contribution is 5.85. The van der Waals surface area contributed by atoms with Crippen LogP contribution >= 0.6 is 0 Å². The molecule has 1 rings (SSSR count). The number of hydrogen-bond acceptors (Lipinski definition) is 4. The minimum Gasteiger partial charge on any atom is -0.493 e. The van der Waals surface area contributed by atoms with Crippen LogP contribution in [0, 0.1) is 0 Å². The lowest BCUT2D eigenvalue weighted by Gasteiger charge is -2.11. The van der Waals surface area contributed by atoms with Gasteiger partial charge in [-0.3, -0.25) is 0 Å². The van der Waals surface area contributed by atoms with E-state index in [0.717, 1.165) is 18.1 Å². The van der Waals surface area contributed by atoms with E-state index >= 15 is 0 Å². The van der Waals surface area contributed by atoms with E-state index in [0.29, 0.717) is 31.3 Å². The van der Waals surface area contributed by atoms with Gasteiger partial charge in [-0.1, -0.05) is 6.07 Å². The number of hydrogen-bond donors (Lipinski definition) is 1. The van der Waals surface area contributed by atoms with Gasteiger partial charge in [-0.2, -0.15) is 0 Å². The Morgan fingerprint density at radius 3 is 2.75 bits per heavy atom. The van der Waals surface area contributed by atoms with E-state index in [-0.39, 0.29) is 0 Å². The number of methoxy groups -OCH3 is 1. The molecule has 5 heteroatoms. The van der Waals surface area contributed by atoms with Gasteiger partial charge in [0.05, 0.1) is 13.7 Å². The van der Waals surface area contributed by atoms with E-state index in [1.54, 1.807) is 25.3 Å². The Balaban J connectivity index is 2.61. The summed E-state index contributed by atoms with van der Waals surface area (Å²) in [7, 11) is 1.55. The molecule has 0 amide bonds. The van der Waals surface area contributed by atoms with Crippen LogP contribution in [0.15, 0.2) is 24.3 Å². The van der Waals surface area contributed by atoms with Crippen LogP contribution in [0.2, 0.25) is 0 Å². The Labute approximate surface area is 118 Å². The maximum Gasteiger partial charge on any atom is 0.328 e. The third kappa shape index (κ3) is 5.75. The van der Waals surface area contributed by atoms with Crippen molar-refractivity contribution in [2.45, 2.75) is 13.3 Å². The maximum atomic E-state index is 10.5. The highest BCUT2D eigenvalue weighted by Crippen LogP contribution is 2.28. The number of aliphatic carboxylic acids is 1. The summed E-state index contributed by atoms with van der Waals surface area (Å²) in [6.07, 6.45) is 3.39. The van der Waals surface area contributed by atoms with Crippen molar-refractivity contribution in [3.63, 3.8) is 0 Å². The second kappa shape index (κ2) is 8.98. The van der Waals surface area contributed by atoms with E-state index in [2.05, 4.69) is 0 Å². The van der Waals surface area contributed by atoms with Gasteiger partial charge in [-0.05, 0) is 30.7 Å². The first-order chi connectivity index (χ1) is 9.67. The molecule has 0 aliphatic carbocycles. The number of carbonyl (C=O) groups is 1. The third-order valence-corrected chi connectivity index (χ3v) is 2.50. The van der Waals surface area contributed by atoms with E-state index in [1.807, 2.05) is 6.92 Å². The molecule has 0 atom stereocenters. The molecular formula is C15H20O5. The molecule has 1 aromatic rings. The van der Waals surface area contributed by atoms with Crippen LogP contribution < -0.4 is 9.47 Å². The number of carboxylic acids is 1. The molecule has 110 valence electrons. The summed E-state index contributed by atoms with van der Waals surface area (Å²) in [5.41, 5.74) is 0.742. The number of benzene rings is 1. The average Bonchev–Trinajstić information content (AvgIpc) is 2.45. The van der Waals surface area contributed by atoms with Gasteiger partial charge in [0.25, 0.3) is 0 Å². The molecule has 0 fully saturated rings. The summed E-state index contributed by atoms with van der Waals surface area (Å²) >= 11 is 0. The van der Waals surface area contributed by atoms with Crippen molar-refractivity contribution in [3.8, 4) is 11.5 Å². The molecule has 0 unspecified atom stereocenters. The van der Waals surface area contributed by atoms with Crippen LogP contribution in [-0.2, 0) is 9.53 Å². The van der Waals surface area contributed by atoms with E-state index in [9.17, 15) is 4.79 Å². The van der Waals surface area contributed by atoms with E-state index in [4.69, 9.17) is 19.3 Å². The first-order valence-electron chi connectivity index (χ1n) is 6.47. The zero-order valence-electron chi connectivity index (χ0n) is 11.8. The normalized spacial score (nSPS) is 10.7. The van der Waals surface area contributed by atoms with Gasteiger partial charge < -0.3 is 19.3 Å². The summed E-state index contributed by atoms with van der Waals surface area (Å²) in [6, 6.07) is 5.28. The molecule has 0 aromatic heterocycles. The highest BCUT2D eigenvalue weighted by atomic mass is 16.5. The average molecular weight is 280 g/mol. The van der Waals surface area contributed by atoms with Gasteiger partial charge in [0.15, 0.2) is 11.5 Å². The summed E-state index contributed by atoms with van der Waals surface area (Å²) in [4.78, 5) is 10.5. The van der Waals surface area contributed by atoms with Gasteiger partial charge in [0, 0.05) is 25.7 Å². The summed E-state index contributed by atoms with van der Waals surface area (Å²) in [5, 5.41) is 8.59. The summed E-state index contributed by atoms with van der Waals surface area (Å²) in [5.74, 6) is 0.227. The third-order valence-electron chi connectivity index (χ3n) is 2.50. The van der Waals surface area contributed by atoms with Crippen LogP contribution in [0.4, 0.5) is 0 Å². The van der Waals surface area contributed by atoms with Crippen LogP contribution in [0.25, 0.3) is 6.08 Å². The molecule has 0 aliphatic rings. The minimum absolute atomic E-state index is 0.542. The lowest BCUT2D eigenvalue weighted by Crippen LogP contribution is -2.03. The lowest BCUT2D eigenvalue weighted by atomic mass is 10.2. The number of carboxylic acid groups (broad SMARTS) is 1. The van der Waals surface area contributed by atoms with Gasteiger partial charge in [-0.15, -0.1) is 0 Å². The van der Waals surface area contributed by atoms with Crippen molar-refractivity contribution in [2.24, 2.45) is 0 Å². The monoisotopic (exact) mass is 280 g/mol. The standard InChI is InChI=1S/C15H20O5/c1-3-19-9-4-10-20-13-7-5-12(6-8-15(16)17)11-14(13)18-2/h5-8,11H,3-4,9-10H2,1-2H3,(H,16,17). The molecule has 0 spiro atoms. The van der Waals surface area contributed by atoms with Crippen molar-refractivity contribution in [1.29, 1.82) is 0 Å². The Kier molecular flexibility index (Phi) is 7.21. The molecule has 1 aromatic carbocycles. The van der Waals surface area contributed by atoms with Crippen LogP contribution in [0.5, 0.6) is 11.5 Å². The van der Waals surface area contributed by atoms with Gasteiger partial charge in [0.1, 0.15) is 0 Å². The van der Waals surface area contributed by atoms with E-state index < -0.39 is 5.97 Å². The second-order valence-corrected chi connectivity index (χ2v) is 3.98. The fourth-order valence-corrected chi connectivity index (χ4v) is 1.56. The smallest absolute Gasteiger partial charge is 0.328 e.